The lowest BCUT2D eigenvalue weighted by Crippen LogP contribution is -2.20. The van der Waals surface area contributed by atoms with Crippen LogP contribution in [0.15, 0.2) is 42.5 Å². The number of halogens is 1. The highest BCUT2D eigenvalue weighted by Crippen LogP contribution is 2.42. The van der Waals surface area contributed by atoms with Crippen LogP contribution in [-0.2, 0) is 13.5 Å². The van der Waals surface area contributed by atoms with E-state index in [2.05, 4.69) is 10.6 Å². The number of phenols is 1. The molecule has 4 aromatic rings. The van der Waals surface area contributed by atoms with E-state index in [0.717, 1.165) is 47.8 Å². The zero-order valence-corrected chi connectivity index (χ0v) is 19.2. The zero-order chi connectivity index (χ0) is 23.3. The lowest BCUT2D eigenvalue weighted by molar-refractivity contribution is 0.0880. The SMILES string of the molecule is CNCCCCc1cc2c(cc1O)c1c3c(c(-c4ccccc4Cl)cc1n2C)C(=O)NC3=O. The van der Waals surface area contributed by atoms with Crippen LogP contribution in [0.3, 0.4) is 0 Å². The minimum Gasteiger partial charge on any atom is -0.508 e. The summed E-state index contributed by atoms with van der Waals surface area (Å²) in [6.45, 7) is 0.928. The standard InChI is InChI=1S/C26H24ClN3O3/c1-28-10-6-5-7-14-11-19-17(13-21(14)31)22-20(30(19)2)12-16(15-8-3-4-9-18(15)27)23-24(22)26(33)29-25(23)32/h3-4,8-9,11-13,28,31H,5-7,10H2,1-2H3,(H,29,32,33). The topological polar surface area (TPSA) is 83.4 Å². The number of rotatable bonds is 6. The van der Waals surface area contributed by atoms with E-state index in [9.17, 15) is 14.7 Å². The number of imide groups is 1. The number of aromatic nitrogens is 1. The van der Waals surface area contributed by atoms with E-state index in [1.807, 2.05) is 49.0 Å². The number of fused-ring (bicyclic) bond motifs is 5. The van der Waals surface area contributed by atoms with Crippen molar-refractivity contribution in [2.75, 3.05) is 13.6 Å². The first kappa shape index (κ1) is 21.5. The summed E-state index contributed by atoms with van der Waals surface area (Å²) in [5.41, 5.74) is 4.54. The molecule has 0 radical (unpaired) electrons. The third-order valence-corrected chi connectivity index (χ3v) is 6.79. The van der Waals surface area contributed by atoms with Crippen molar-refractivity contribution in [3.05, 3.63) is 64.2 Å². The molecule has 0 unspecified atom stereocenters. The average Bonchev–Trinajstić information content (AvgIpc) is 3.24. The molecule has 0 saturated carbocycles. The molecule has 3 aromatic carbocycles. The first-order chi connectivity index (χ1) is 15.9. The van der Waals surface area contributed by atoms with Crippen molar-refractivity contribution in [1.29, 1.82) is 0 Å². The third kappa shape index (κ3) is 3.37. The fraction of sp³-hybridized carbons (Fsp3) is 0.231. The van der Waals surface area contributed by atoms with Crippen LogP contribution in [0.25, 0.3) is 32.9 Å². The molecule has 1 aliphatic rings. The Morgan fingerprint density at radius 1 is 1.00 bits per heavy atom. The fourth-order valence-corrected chi connectivity index (χ4v) is 5.07. The van der Waals surface area contributed by atoms with Crippen molar-refractivity contribution < 1.29 is 14.7 Å². The largest absolute Gasteiger partial charge is 0.508 e. The number of nitrogens with zero attached hydrogens (tertiary/aromatic N) is 1. The molecule has 1 aliphatic heterocycles. The molecule has 5 rings (SSSR count). The number of carbonyl (C=O) groups is 2. The molecule has 168 valence electrons. The Hall–Kier alpha value is -3.35. The maximum absolute atomic E-state index is 12.9. The van der Waals surface area contributed by atoms with Gasteiger partial charge in [-0.15, -0.1) is 0 Å². The summed E-state index contributed by atoms with van der Waals surface area (Å²) in [4.78, 5) is 25.7. The normalized spacial score (nSPS) is 13.2. The van der Waals surface area contributed by atoms with Gasteiger partial charge in [-0.05, 0) is 68.2 Å². The number of hydrogen-bond donors (Lipinski definition) is 3. The Kier molecular flexibility index (Phi) is 5.35. The number of aromatic hydroxyl groups is 1. The van der Waals surface area contributed by atoms with Crippen LogP contribution < -0.4 is 10.6 Å². The van der Waals surface area contributed by atoms with Gasteiger partial charge in [0.05, 0.1) is 16.6 Å². The van der Waals surface area contributed by atoms with E-state index in [0.29, 0.717) is 32.7 Å². The Morgan fingerprint density at radius 3 is 2.52 bits per heavy atom. The van der Waals surface area contributed by atoms with E-state index >= 15 is 0 Å². The number of unbranched alkanes of at least 4 members (excludes halogenated alkanes) is 1. The maximum atomic E-state index is 12.9. The number of phenolic OH excluding ortho intramolecular Hbond substituents is 1. The maximum Gasteiger partial charge on any atom is 0.259 e. The van der Waals surface area contributed by atoms with Crippen LogP contribution in [0.1, 0.15) is 39.1 Å². The van der Waals surface area contributed by atoms with Crippen LogP contribution >= 0.6 is 11.6 Å². The molecule has 0 saturated heterocycles. The summed E-state index contributed by atoms with van der Waals surface area (Å²) < 4.78 is 2.01. The van der Waals surface area contributed by atoms with Gasteiger partial charge in [-0.2, -0.15) is 0 Å². The molecule has 2 heterocycles. The first-order valence-electron chi connectivity index (χ1n) is 11.0. The van der Waals surface area contributed by atoms with Crippen molar-refractivity contribution in [3.8, 4) is 16.9 Å². The van der Waals surface area contributed by atoms with Gasteiger partial charge in [-0.25, -0.2) is 0 Å². The van der Waals surface area contributed by atoms with Crippen LogP contribution in [0, 0.1) is 0 Å². The van der Waals surface area contributed by atoms with Crippen LogP contribution in [0.2, 0.25) is 5.02 Å². The molecule has 6 nitrogen and oxygen atoms in total. The van der Waals surface area contributed by atoms with E-state index in [4.69, 9.17) is 11.6 Å². The number of aryl methyl sites for hydroxylation is 2. The minimum absolute atomic E-state index is 0.202. The van der Waals surface area contributed by atoms with Crippen LogP contribution in [0.5, 0.6) is 5.75 Å². The van der Waals surface area contributed by atoms with Gasteiger partial charge in [0.15, 0.2) is 0 Å². The molecule has 0 atom stereocenters. The van der Waals surface area contributed by atoms with E-state index in [1.165, 1.54) is 0 Å². The number of amides is 2. The summed E-state index contributed by atoms with van der Waals surface area (Å²) in [6, 6.07) is 12.9. The Bertz CT molecular complexity index is 1450. The van der Waals surface area contributed by atoms with Gasteiger partial charge < -0.3 is 15.0 Å². The van der Waals surface area contributed by atoms with Crippen LogP contribution in [0.4, 0.5) is 0 Å². The second-order valence-electron chi connectivity index (χ2n) is 8.45. The summed E-state index contributed by atoms with van der Waals surface area (Å²) in [6.07, 6.45) is 2.72. The van der Waals surface area contributed by atoms with Gasteiger partial charge >= 0.3 is 0 Å². The van der Waals surface area contributed by atoms with Crippen molar-refractivity contribution in [3.63, 3.8) is 0 Å². The van der Waals surface area contributed by atoms with Crippen molar-refractivity contribution >= 4 is 45.2 Å². The molecular weight excluding hydrogens is 438 g/mol. The summed E-state index contributed by atoms with van der Waals surface area (Å²) in [5, 5.41) is 18.3. The van der Waals surface area contributed by atoms with Gasteiger partial charge in [0.1, 0.15) is 5.75 Å². The van der Waals surface area contributed by atoms with Crippen LogP contribution in [-0.4, -0.2) is 35.1 Å². The number of hydrogen-bond acceptors (Lipinski definition) is 4. The van der Waals surface area contributed by atoms with E-state index in [-0.39, 0.29) is 5.75 Å². The molecule has 0 bridgehead atoms. The summed E-state index contributed by atoms with van der Waals surface area (Å²) >= 11 is 6.47. The van der Waals surface area contributed by atoms with Gasteiger partial charge in [0.25, 0.3) is 11.8 Å². The zero-order valence-electron chi connectivity index (χ0n) is 18.5. The summed E-state index contributed by atoms with van der Waals surface area (Å²) in [7, 11) is 3.86. The predicted molar refractivity (Wildman–Crippen MR) is 131 cm³/mol. The minimum atomic E-state index is -0.436. The molecule has 1 aromatic heterocycles. The average molecular weight is 462 g/mol. The second kappa shape index (κ2) is 8.21. The third-order valence-electron chi connectivity index (χ3n) is 6.46. The fourth-order valence-electron chi connectivity index (χ4n) is 4.83. The van der Waals surface area contributed by atoms with Gasteiger partial charge in [-0.1, -0.05) is 29.8 Å². The number of benzene rings is 3. The first-order valence-corrected chi connectivity index (χ1v) is 11.4. The highest BCUT2D eigenvalue weighted by molar-refractivity contribution is 6.36. The molecule has 2 amide bonds. The van der Waals surface area contributed by atoms with Crippen molar-refractivity contribution in [2.45, 2.75) is 19.3 Å². The highest BCUT2D eigenvalue weighted by Gasteiger charge is 2.34. The molecule has 7 heteroatoms. The molecule has 3 N–H and O–H groups in total. The summed E-state index contributed by atoms with van der Waals surface area (Å²) in [5.74, 6) is -0.667. The quantitative estimate of drug-likeness (QED) is 0.285. The molecule has 33 heavy (non-hydrogen) atoms. The number of carbonyl (C=O) groups excluding carboxylic acids is 2. The highest BCUT2D eigenvalue weighted by atomic mass is 35.5. The predicted octanol–water partition coefficient (Wildman–Crippen LogP) is 4.78. The van der Waals surface area contributed by atoms with E-state index < -0.39 is 11.8 Å². The monoisotopic (exact) mass is 461 g/mol. The van der Waals surface area contributed by atoms with E-state index in [1.54, 1.807) is 12.1 Å². The molecule has 0 aliphatic carbocycles. The molecule has 0 spiro atoms. The number of nitrogens with one attached hydrogen (secondary N) is 2. The Labute approximate surface area is 196 Å². The molecule has 0 fully saturated rings. The molecular formula is C26H24ClN3O3. The lowest BCUT2D eigenvalue weighted by Gasteiger charge is -2.10. The van der Waals surface area contributed by atoms with Gasteiger partial charge in [-0.3, -0.25) is 14.9 Å². The second-order valence-corrected chi connectivity index (χ2v) is 8.86. The Morgan fingerprint density at radius 2 is 1.76 bits per heavy atom. The van der Waals surface area contributed by atoms with Crippen molar-refractivity contribution in [1.82, 2.24) is 15.2 Å². The smallest absolute Gasteiger partial charge is 0.259 e. The Balaban J connectivity index is 1.79. The van der Waals surface area contributed by atoms with Crippen molar-refractivity contribution in [2.24, 2.45) is 7.05 Å². The van der Waals surface area contributed by atoms with Gasteiger partial charge in [0.2, 0.25) is 0 Å². The lowest BCUT2D eigenvalue weighted by atomic mass is 9.92. The van der Waals surface area contributed by atoms with Gasteiger partial charge in [0, 0.05) is 33.9 Å².